The van der Waals surface area contributed by atoms with Gasteiger partial charge >= 0.3 is 0 Å². The molecule has 0 saturated carbocycles. The molecule has 0 radical (unpaired) electrons. The summed E-state index contributed by atoms with van der Waals surface area (Å²) in [7, 11) is 1.58. The first-order valence-corrected chi connectivity index (χ1v) is 8.40. The highest BCUT2D eigenvalue weighted by molar-refractivity contribution is 7.98. The number of carbonyl (C=O) groups is 1. The fraction of sp³-hybridized carbons (Fsp3) is 0.278. The largest absolute Gasteiger partial charge is 0.496 e. The van der Waals surface area contributed by atoms with Crippen LogP contribution in [0.15, 0.2) is 48.5 Å². The maximum atomic E-state index is 12.2. The molecule has 0 saturated heterocycles. The van der Waals surface area contributed by atoms with Gasteiger partial charge in [0.2, 0.25) is 0 Å². The van der Waals surface area contributed by atoms with Gasteiger partial charge in [0.1, 0.15) is 5.75 Å². The Kier molecular flexibility index (Phi) is 6.34. The summed E-state index contributed by atoms with van der Waals surface area (Å²) < 4.78 is 5.24. The van der Waals surface area contributed by atoms with Gasteiger partial charge in [0.05, 0.1) is 12.7 Å². The van der Waals surface area contributed by atoms with Gasteiger partial charge < -0.3 is 10.1 Å². The van der Waals surface area contributed by atoms with Crippen molar-refractivity contribution in [1.82, 2.24) is 5.32 Å². The number of nitrogens with one attached hydrogen (secondary N) is 1. The van der Waals surface area contributed by atoms with Crippen LogP contribution >= 0.6 is 11.8 Å². The van der Waals surface area contributed by atoms with Crippen molar-refractivity contribution < 1.29 is 9.53 Å². The van der Waals surface area contributed by atoms with E-state index in [4.69, 9.17) is 4.74 Å². The summed E-state index contributed by atoms with van der Waals surface area (Å²) in [6.45, 7) is 2.61. The molecule has 0 bridgehead atoms. The van der Waals surface area contributed by atoms with Gasteiger partial charge in [0, 0.05) is 18.1 Å². The summed E-state index contributed by atoms with van der Waals surface area (Å²) in [5, 5.41) is 2.95. The highest BCUT2D eigenvalue weighted by Gasteiger charge is 2.11. The molecular weight excluding hydrogens is 294 g/mol. The van der Waals surface area contributed by atoms with E-state index < -0.39 is 0 Å². The number of thioether (sulfide) groups is 1. The van der Waals surface area contributed by atoms with Crippen LogP contribution in [0.4, 0.5) is 0 Å². The normalized spacial score (nSPS) is 10.3. The molecule has 0 fully saturated rings. The predicted molar refractivity (Wildman–Crippen MR) is 92.7 cm³/mol. The number of hydrogen-bond acceptors (Lipinski definition) is 3. The monoisotopic (exact) mass is 315 g/mol. The summed E-state index contributed by atoms with van der Waals surface area (Å²) in [4.78, 5) is 12.2. The minimum Gasteiger partial charge on any atom is -0.496 e. The van der Waals surface area contributed by atoms with Crippen LogP contribution in [0.5, 0.6) is 5.75 Å². The number of methoxy groups -OCH3 is 1. The number of benzene rings is 2. The van der Waals surface area contributed by atoms with Crippen LogP contribution in [0.2, 0.25) is 0 Å². The van der Waals surface area contributed by atoms with Gasteiger partial charge in [-0.1, -0.05) is 42.0 Å². The van der Waals surface area contributed by atoms with Crippen molar-refractivity contribution in [3.63, 3.8) is 0 Å². The summed E-state index contributed by atoms with van der Waals surface area (Å²) in [5.74, 6) is 2.38. The molecule has 0 atom stereocenters. The number of carbonyl (C=O) groups excluding carboxylic acids is 1. The van der Waals surface area contributed by atoms with Crippen LogP contribution < -0.4 is 10.1 Å². The lowest BCUT2D eigenvalue weighted by molar-refractivity contribution is 0.0953. The van der Waals surface area contributed by atoms with Gasteiger partial charge in [-0.05, 0) is 24.6 Å². The number of amides is 1. The van der Waals surface area contributed by atoms with Crippen molar-refractivity contribution in [2.24, 2.45) is 0 Å². The molecule has 0 aliphatic rings. The Morgan fingerprint density at radius 1 is 1.18 bits per heavy atom. The van der Waals surface area contributed by atoms with E-state index in [0.29, 0.717) is 17.9 Å². The van der Waals surface area contributed by atoms with Gasteiger partial charge in [0.25, 0.3) is 5.91 Å². The fourth-order valence-corrected chi connectivity index (χ4v) is 2.91. The lowest BCUT2D eigenvalue weighted by Crippen LogP contribution is -2.26. The molecule has 0 unspecified atom stereocenters. The number of ether oxygens (including phenoxy) is 1. The molecule has 1 amide bonds. The average molecular weight is 315 g/mol. The molecule has 0 aliphatic carbocycles. The fourth-order valence-electron chi connectivity index (χ4n) is 2.10. The lowest BCUT2D eigenvalue weighted by atomic mass is 10.1. The molecule has 22 heavy (non-hydrogen) atoms. The van der Waals surface area contributed by atoms with Crippen molar-refractivity contribution in [2.75, 3.05) is 19.4 Å². The van der Waals surface area contributed by atoms with Gasteiger partial charge in [-0.3, -0.25) is 4.79 Å². The van der Waals surface area contributed by atoms with Crippen molar-refractivity contribution in [3.05, 3.63) is 65.2 Å². The molecule has 0 aliphatic heterocycles. The third kappa shape index (κ3) is 4.81. The zero-order valence-corrected chi connectivity index (χ0v) is 13.8. The van der Waals surface area contributed by atoms with E-state index in [9.17, 15) is 4.79 Å². The molecular formula is C18H21NO2S. The molecule has 0 spiro atoms. The highest BCUT2D eigenvalue weighted by atomic mass is 32.2. The van der Waals surface area contributed by atoms with E-state index in [-0.39, 0.29) is 5.91 Å². The maximum absolute atomic E-state index is 12.2. The first kappa shape index (κ1) is 16.4. The zero-order chi connectivity index (χ0) is 15.8. The predicted octanol–water partition coefficient (Wildman–Crippen LogP) is 3.67. The smallest absolute Gasteiger partial charge is 0.255 e. The minimum absolute atomic E-state index is 0.0825. The molecule has 2 rings (SSSR count). The molecule has 0 aromatic heterocycles. The van der Waals surface area contributed by atoms with E-state index >= 15 is 0 Å². The first-order valence-electron chi connectivity index (χ1n) is 7.25. The maximum Gasteiger partial charge on any atom is 0.255 e. The van der Waals surface area contributed by atoms with Crippen molar-refractivity contribution in [2.45, 2.75) is 12.7 Å². The Labute approximate surface area is 136 Å². The molecule has 3 nitrogen and oxygen atoms in total. The van der Waals surface area contributed by atoms with Gasteiger partial charge in [-0.25, -0.2) is 0 Å². The van der Waals surface area contributed by atoms with Crippen LogP contribution in [-0.2, 0) is 5.75 Å². The van der Waals surface area contributed by atoms with E-state index in [2.05, 4.69) is 17.4 Å². The highest BCUT2D eigenvalue weighted by Crippen LogP contribution is 2.19. The van der Waals surface area contributed by atoms with Crippen LogP contribution in [0.25, 0.3) is 0 Å². The van der Waals surface area contributed by atoms with Gasteiger partial charge in [0.15, 0.2) is 0 Å². The summed E-state index contributed by atoms with van der Waals surface area (Å²) in [6.07, 6.45) is 0. The lowest BCUT2D eigenvalue weighted by Gasteiger charge is -2.10. The quantitative estimate of drug-likeness (QED) is 0.792. The molecule has 4 heteroatoms. The SMILES string of the molecule is COc1ccc(C)cc1C(=O)NCCSCc1ccccc1. The third-order valence-corrected chi connectivity index (χ3v) is 4.27. The third-order valence-electron chi connectivity index (χ3n) is 3.24. The summed E-state index contributed by atoms with van der Waals surface area (Å²) in [6, 6.07) is 15.9. The molecule has 2 aromatic rings. The van der Waals surface area contributed by atoms with Crippen molar-refractivity contribution in [3.8, 4) is 5.75 Å². The molecule has 2 aromatic carbocycles. The Hall–Kier alpha value is -1.94. The Morgan fingerprint density at radius 2 is 1.95 bits per heavy atom. The van der Waals surface area contributed by atoms with Crippen LogP contribution in [0, 0.1) is 6.92 Å². The Morgan fingerprint density at radius 3 is 2.68 bits per heavy atom. The van der Waals surface area contributed by atoms with E-state index in [1.54, 1.807) is 7.11 Å². The van der Waals surface area contributed by atoms with Crippen molar-refractivity contribution >= 4 is 17.7 Å². The first-order chi connectivity index (χ1) is 10.7. The summed E-state index contributed by atoms with van der Waals surface area (Å²) >= 11 is 1.81. The van der Waals surface area contributed by atoms with E-state index in [1.165, 1.54) is 5.56 Å². The molecule has 116 valence electrons. The average Bonchev–Trinajstić information content (AvgIpc) is 2.55. The van der Waals surface area contributed by atoms with Crippen LogP contribution in [0.3, 0.4) is 0 Å². The second-order valence-electron chi connectivity index (χ2n) is 5.00. The molecule has 1 N–H and O–H groups in total. The minimum atomic E-state index is -0.0825. The zero-order valence-electron chi connectivity index (χ0n) is 13.0. The van der Waals surface area contributed by atoms with Crippen LogP contribution in [-0.4, -0.2) is 25.3 Å². The van der Waals surface area contributed by atoms with E-state index in [0.717, 1.165) is 17.1 Å². The van der Waals surface area contributed by atoms with E-state index in [1.807, 2.05) is 55.1 Å². The number of aryl methyl sites for hydroxylation is 1. The van der Waals surface area contributed by atoms with Gasteiger partial charge in [-0.15, -0.1) is 0 Å². The van der Waals surface area contributed by atoms with Gasteiger partial charge in [-0.2, -0.15) is 11.8 Å². The van der Waals surface area contributed by atoms with Crippen molar-refractivity contribution in [1.29, 1.82) is 0 Å². The Balaban J connectivity index is 1.77. The van der Waals surface area contributed by atoms with Crippen LogP contribution in [0.1, 0.15) is 21.5 Å². The standard InChI is InChI=1S/C18H21NO2S/c1-14-8-9-17(21-2)16(12-14)18(20)19-10-11-22-13-15-6-4-3-5-7-15/h3-9,12H,10-11,13H2,1-2H3,(H,19,20). The second kappa shape index (κ2) is 8.49. The molecule has 0 heterocycles. The topological polar surface area (TPSA) is 38.3 Å². The number of hydrogen-bond donors (Lipinski definition) is 1. The Bertz CT molecular complexity index is 614. The number of rotatable bonds is 7. The second-order valence-corrected chi connectivity index (χ2v) is 6.10. The summed E-state index contributed by atoms with van der Waals surface area (Å²) in [5.41, 5.74) is 2.94.